The standard InChI is InChI=1S/C29H35NO3/c1-29(2,3)20-30-25-16-14-24-23(27(25)31)15-17-26(32-18-21-10-6-4-7-11-21)28(24)33-19-22-12-8-5-9-13-22/h4-13,15,17,25,27,30-31H,14,16,18-20H2,1-3H3/t25-,27-/m1/s1. The number of hydrogen-bond acceptors (Lipinski definition) is 4. The molecule has 1 aliphatic carbocycles. The molecule has 0 unspecified atom stereocenters. The number of aliphatic hydroxyl groups is 1. The minimum absolute atomic E-state index is 0.0368. The monoisotopic (exact) mass is 445 g/mol. The van der Waals surface area contributed by atoms with E-state index in [0.717, 1.165) is 53.1 Å². The highest BCUT2D eigenvalue weighted by Crippen LogP contribution is 2.42. The van der Waals surface area contributed by atoms with Crippen molar-refractivity contribution < 1.29 is 14.6 Å². The molecule has 4 heteroatoms. The molecule has 33 heavy (non-hydrogen) atoms. The van der Waals surface area contributed by atoms with Gasteiger partial charge in [-0.1, -0.05) is 87.5 Å². The van der Waals surface area contributed by atoms with Gasteiger partial charge < -0.3 is 19.9 Å². The lowest BCUT2D eigenvalue weighted by molar-refractivity contribution is 0.108. The molecule has 0 bridgehead atoms. The maximum absolute atomic E-state index is 11.2. The second kappa shape index (κ2) is 10.4. The first-order valence-corrected chi connectivity index (χ1v) is 11.8. The lowest BCUT2D eigenvalue weighted by atomic mass is 9.84. The first-order valence-electron chi connectivity index (χ1n) is 11.8. The zero-order valence-corrected chi connectivity index (χ0v) is 19.9. The van der Waals surface area contributed by atoms with Crippen molar-refractivity contribution in [1.82, 2.24) is 5.32 Å². The van der Waals surface area contributed by atoms with Crippen molar-refractivity contribution in [3.05, 3.63) is 95.1 Å². The summed E-state index contributed by atoms with van der Waals surface area (Å²) in [6.07, 6.45) is 1.12. The summed E-state index contributed by atoms with van der Waals surface area (Å²) < 4.78 is 12.6. The molecule has 4 nitrogen and oxygen atoms in total. The van der Waals surface area contributed by atoms with Crippen LogP contribution in [-0.2, 0) is 19.6 Å². The molecule has 0 saturated carbocycles. The fourth-order valence-electron chi connectivity index (χ4n) is 4.22. The molecule has 174 valence electrons. The van der Waals surface area contributed by atoms with Gasteiger partial charge in [0.05, 0.1) is 6.10 Å². The molecular weight excluding hydrogens is 410 g/mol. The van der Waals surface area contributed by atoms with E-state index in [2.05, 4.69) is 50.4 Å². The van der Waals surface area contributed by atoms with E-state index in [1.54, 1.807) is 0 Å². The van der Waals surface area contributed by atoms with Crippen LogP contribution in [0.5, 0.6) is 11.5 Å². The Labute approximate surface area is 197 Å². The molecule has 0 heterocycles. The normalized spacial score (nSPS) is 17.9. The summed E-state index contributed by atoms with van der Waals surface area (Å²) in [5.41, 5.74) is 4.36. The van der Waals surface area contributed by atoms with Crippen molar-refractivity contribution in [2.75, 3.05) is 6.54 Å². The van der Waals surface area contributed by atoms with Crippen molar-refractivity contribution in [3.8, 4) is 11.5 Å². The average Bonchev–Trinajstić information content (AvgIpc) is 2.82. The van der Waals surface area contributed by atoms with Gasteiger partial charge >= 0.3 is 0 Å². The summed E-state index contributed by atoms with van der Waals surface area (Å²) in [5.74, 6) is 1.47. The Kier molecular flexibility index (Phi) is 7.36. The number of ether oxygens (including phenoxy) is 2. The largest absolute Gasteiger partial charge is 0.485 e. The summed E-state index contributed by atoms with van der Waals surface area (Å²) in [5, 5.41) is 14.7. The average molecular weight is 446 g/mol. The Hall–Kier alpha value is -2.82. The molecular formula is C29H35NO3. The zero-order chi connectivity index (χ0) is 23.3. The van der Waals surface area contributed by atoms with Crippen LogP contribution in [0.25, 0.3) is 0 Å². The van der Waals surface area contributed by atoms with Crippen molar-refractivity contribution in [1.29, 1.82) is 0 Å². The van der Waals surface area contributed by atoms with E-state index in [9.17, 15) is 5.11 Å². The lowest BCUT2D eigenvalue weighted by Crippen LogP contribution is -2.42. The van der Waals surface area contributed by atoms with E-state index in [4.69, 9.17) is 9.47 Å². The van der Waals surface area contributed by atoms with Crippen LogP contribution in [0.3, 0.4) is 0 Å². The number of benzene rings is 3. The van der Waals surface area contributed by atoms with E-state index in [1.807, 2.05) is 48.5 Å². The van der Waals surface area contributed by atoms with Gasteiger partial charge in [0.25, 0.3) is 0 Å². The first-order chi connectivity index (χ1) is 15.9. The fourth-order valence-corrected chi connectivity index (χ4v) is 4.22. The quantitative estimate of drug-likeness (QED) is 0.458. The van der Waals surface area contributed by atoms with Crippen LogP contribution in [-0.4, -0.2) is 17.7 Å². The van der Waals surface area contributed by atoms with Crippen molar-refractivity contribution in [2.45, 2.75) is 59.0 Å². The van der Waals surface area contributed by atoms with Crippen LogP contribution in [0.4, 0.5) is 0 Å². The van der Waals surface area contributed by atoms with E-state index in [0.29, 0.717) is 13.2 Å². The van der Waals surface area contributed by atoms with Crippen LogP contribution in [0, 0.1) is 5.41 Å². The Balaban J connectivity index is 1.58. The van der Waals surface area contributed by atoms with Gasteiger partial charge in [0.1, 0.15) is 13.2 Å². The third kappa shape index (κ3) is 6.16. The number of rotatable bonds is 8. The topological polar surface area (TPSA) is 50.7 Å². The molecule has 0 aliphatic heterocycles. The molecule has 0 aromatic heterocycles. The summed E-state index contributed by atoms with van der Waals surface area (Å²) >= 11 is 0. The Morgan fingerprint density at radius 1 is 0.848 bits per heavy atom. The molecule has 0 amide bonds. The predicted molar refractivity (Wildman–Crippen MR) is 133 cm³/mol. The molecule has 2 N–H and O–H groups in total. The summed E-state index contributed by atoms with van der Waals surface area (Å²) in [6.45, 7) is 8.40. The molecule has 2 atom stereocenters. The summed E-state index contributed by atoms with van der Waals surface area (Å²) in [6, 6.07) is 24.3. The molecule has 0 saturated heterocycles. The maximum Gasteiger partial charge on any atom is 0.165 e. The Morgan fingerprint density at radius 2 is 1.45 bits per heavy atom. The third-order valence-corrected chi connectivity index (χ3v) is 6.02. The van der Waals surface area contributed by atoms with Gasteiger partial charge in [0, 0.05) is 18.2 Å². The Bertz CT molecular complexity index is 1030. The predicted octanol–water partition coefficient (Wildman–Crippen LogP) is 5.83. The van der Waals surface area contributed by atoms with Gasteiger partial charge in [0.15, 0.2) is 11.5 Å². The fraction of sp³-hybridized carbons (Fsp3) is 0.379. The van der Waals surface area contributed by atoms with Gasteiger partial charge in [-0.15, -0.1) is 0 Å². The third-order valence-electron chi connectivity index (χ3n) is 6.02. The van der Waals surface area contributed by atoms with E-state index in [1.165, 1.54) is 0 Å². The molecule has 1 aliphatic rings. The molecule has 3 aromatic carbocycles. The lowest BCUT2D eigenvalue weighted by Gasteiger charge is -2.34. The smallest absolute Gasteiger partial charge is 0.165 e. The second-order valence-electron chi connectivity index (χ2n) is 10.0. The number of fused-ring (bicyclic) bond motifs is 1. The van der Waals surface area contributed by atoms with Crippen LogP contribution in [0.1, 0.15) is 55.5 Å². The van der Waals surface area contributed by atoms with Crippen LogP contribution in [0.2, 0.25) is 0 Å². The highest BCUT2D eigenvalue weighted by atomic mass is 16.5. The molecule has 3 aromatic rings. The second-order valence-corrected chi connectivity index (χ2v) is 10.0. The van der Waals surface area contributed by atoms with Gasteiger partial charge in [-0.2, -0.15) is 0 Å². The number of nitrogens with one attached hydrogen (secondary N) is 1. The van der Waals surface area contributed by atoms with Gasteiger partial charge in [-0.3, -0.25) is 0 Å². The minimum Gasteiger partial charge on any atom is -0.485 e. The molecule has 4 rings (SSSR count). The molecule has 0 spiro atoms. The number of hydrogen-bond donors (Lipinski definition) is 2. The van der Waals surface area contributed by atoms with Crippen molar-refractivity contribution in [3.63, 3.8) is 0 Å². The van der Waals surface area contributed by atoms with Crippen LogP contribution < -0.4 is 14.8 Å². The van der Waals surface area contributed by atoms with E-state index >= 15 is 0 Å². The highest BCUT2D eigenvalue weighted by molar-refractivity contribution is 5.53. The molecule has 0 fully saturated rings. The first kappa shape index (κ1) is 23.3. The van der Waals surface area contributed by atoms with Crippen LogP contribution in [0.15, 0.2) is 72.8 Å². The molecule has 0 radical (unpaired) electrons. The van der Waals surface area contributed by atoms with Crippen molar-refractivity contribution in [2.24, 2.45) is 5.41 Å². The van der Waals surface area contributed by atoms with Crippen molar-refractivity contribution >= 4 is 0 Å². The zero-order valence-electron chi connectivity index (χ0n) is 19.9. The summed E-state index contributed by atoms with van der Waals surface area (Å²) in [7, 11) is 0. The van der Waals surface area contributed by atoms with Gasteiger partial charge in [0.2, 0.25) is 0 Å². The minimum atomic E-state index is -0.571. The van der Waals surface area contributed by atoms with Gasteiger partial charge in [-0.05, 0) is 41.0 Å². The maximum atomic E-state index is 11.2. The van der Waals surface area contributed by atoms with Crippen LogP contribution >= 0.6 is 0 Å². The van der Waals surface area contributed by atoms with Gasteiger partial charge in [-0.25, -0.2) is 0 Å². The number of aliphatic hydroxyl groups excluding tert-OH is 1. The summed E-state index contributed by atoms with van der Waals surface area (Å²) in [4.78, 5) is 0. The Morgan fingerprint density at radius 3 is 2.06 bits per heavy atom. The van der Waals surface area contributed by atoms with E-state index < -0.39 is 6.10 Å². The highest BCUT2D eigenvalue weighted by Gasteiger charge is 2.32. The SMILES string of the molecule is CC(C)(C)CN[C@@H]1CCc2c(ccc(OCc3ccccc3)c2OCc2ccccc2)[C@H]1O. The van der Waals surface area contributed by atoms with E-state index in [-0.39, 0.29) is 11.5 Å².